The Balaban J connectivity index is 2.09. The molecule has 1 aromatic heterocycles. The molecular formula is C12H14ClN5O. The highest BCUT2D eigenvalue weighted by atomic mass is 35.5. The molecule has 6 nitrogen and oxygen atoms in total. The zero-order valence-corrected chi connectivity index (χ0v) is 11.2. The fourth-order valence-electron chi connectivity index (χ4n) is 1.46. The number of hydrogen-bond donors (Lipinski definition) is 2. The summed E-state index contributed by atoms with van der Waals surface area (Å²) in [5, 5.41) is 3.72. The Morgan fingerprint density at radius 2 is 2.05 bits per heavy atom. The van der Waals surface area contributed by atoms with Gasteiger partial charge in [0.05, 0.1) is 6.61 Å². The Morgan fingerprint density at radius 1 is 1.26 bits per heavy atom. The summed E-state index contributed by atoms with van der Waals surface area (Å²) in [6.07, 6.45) is 0. The van der Waals surface area contributed by atoms with Crippen molar-refractivity contribution in [1.82, 2.24) is 15.0 Å². The second-order valence-corrected chi connectivity index (χ2v) is 4.08. The molecule has 19 heavy (non-hydrogen) atoms. The molecule has 0 unspecified atom stereocenters. The third-order valence-electron chi connectivity index (χ3n) is 2.30. The molecule has 0 saturated carbocycles. The molecule has 1 heterocycles. The van der Waals surface area contributed by atoms with Gasteiger partial charge in [0.1, 0.15) is 0 Å². The van der Waals surface area contributed by atoms with Crippen LogP contribution in [0.2, 0.25) is 5.02 Å². The Hall–Kier alpha value is -2.08. The van der Waals surface area contributed by atoms with E-state index in [0.29, 0.717) is 24.1 Å². The maximum atomic E-state index is 6.06. The minimum absolute atomic E-state index is 0.111. The van der Waals surface area contributed by atoms with Gasteiger partial charge in [0.15, 0.2) is 0 Å². The molecule has 0 radical (unpaired) electrons. The van der Waals surface area contributed by atoms with Gasteiger partial charge in [-0.15, -0.1) is 0 Å². The first-order valence-corrected chi connectivity index (χ1v) is 6.18. The fourth-order valence-corrected chi connectivity index (χ4v) is 1.66. The number of nitrogen functional groups attached to an aromatic ring is 1. The monoisotopic (exact) mass is 279 g/mol. The molecule has 2 rings (SSSR count). The van der Waals surface area contributed by atoms with Gasteiger partial charge in [0.25, 0.3) is 0 Å². The van der Waals surface area contributed by atoms with Crippen LogP contribution in [0, 0.1) is 0 Å². The smallest absolute Gasteiger partial charge is 0.323 e. The van der Waals surface area contributed by atoms with Gasteiger partial charge in [-0.25, -0.2) is 0 Å². The number of anilines is 2. The summed E-state index contributed by atoms with van der Waals surface area (Å²) < 4.78 is 5.19. The summed E-state index contributed by atoms with van der Waals surface area (Å²) in [6, 6.07) is 7.74. The van der Waals surface area contributed by atoms with Crippen LogP contribution < -0.4 is 15.8 Å². The third kappa shape index (κ3) is 3.69. The molecule has 0 spiro atoms. The first-order valence-electron chi connectivity index (χ1n) is 5.80. The quantitative estimate of drug-likeness (QED) is 0.872. The molecule has 7 heteroatoms. The van der Waals surface area contributed by atoms with E-state index < -0.39 is 0 Å². The maximum absolute atomic E-state index is 6.06. The van der Waals surface area contributed by atoms with Crippen LogP contribution in [0.25, 0.3) is 0 Å². The highest BCUT2D eigenvalue weighted by molar-refractivity contribution is 6.31. The summed E-state index contributed by atoms with van der Waals surface area (Å²) in [5.74, 6) is 0.468. The summed E-state index contributed by atoms with van der Waals surface area (Å²) in [7, 11) is 0. The lowest BCUT2D eigenvalue weighted by atomic mass is 10.2. The summed E-state index contributed by atoms with van der Waals surface area (Å²) >= 11 is 6.06. The number of aromatic nitrogens is 3. The van der Waals surface area contributed by atoms with Crippen molar-refractivity contribution >= 4 is 23.5 Å². The Morgan fingerprint density at radius 3 is 2.79 bits per heavy atom. The maximum Gasteiger partial charge on any atom is 0.323 e. The minimum atomic E-state index is 0.111. The van der Waals surface area contributed by atoms with Gasteiger partial charge in [-0.2, -0.15) is 15.0 Å². The lowest BCUT2D eigenvalue weighted by Crippen LogP contribution is -2.09. The predicted molar refractivity (Wildman–Crippen MR) is 74.2 cm³/mol. The summed E-state index contributed by atoms with van der Waals surface area (Å²) in [5.41, 5.74) is 6.53. The molecule has 0 bridgehead atoms. The van der Waals surface area contributed by atoms with Crippen molar-refractivity contribution < 1.29 is 4.74 Å². The first kappa shape index (κ1) is 13.4. The van der Waals surface area contributed by atoms with Gasteiger partial charge in [0.2, 0.25) is 11.9 Å². The van der Waals surface area contributed by atoms with E-state index in [-0.39, 0.29) is 12.0 Å². The van der Waals surface area contributed by atoms with Crippen LogP contribution in [0.5, 0.6) is 6.01 Å². The van der Waals surface area contributed by atoms with E-state index in [2.05, 4.69) is 20.3 Å². The number of nitrogens with one attached hydrogen (secondary N) is 1. The van der Waals surface area contributed by atoms with E-state index in [4.69, 9.17) is 22.1 Å². The number of nitrogens with two attached hydrogens (primary N) is 1. The Labute approximate surface area is 116 Å². The second kappa shape index (κ2) is 6.19. The average Bonchev–Trinajstić information content (AvgIpc) is 2.37. The number of ether oxygens (including phenoxy) is 1. The number of rotatable bonds is 5. The second-order valence-electron chi connectivity index (χ2n) is 3.68. The van der Waals surface area contributed by atoms with E-state index in [1.807, 2.05) is 31.2 Å². The summed E-state index contributed by atoms with van der Waals surface area (Å²) in [4.78, 5) is 11.9. The van der Waals surface area contributed by atoms with Crippen molar-refractivity contribution in [2.24, 2.45) is 0 Å². The summed E-state index contributed by atoms with van der Waals surface area (Å²) in [6.45, 7) is 2.80. The van der Waals surface area contributed by atoms with Crippen LogP contribution >= 0.6 is 11.6 Å². The van der Waals surface area contributed by atoms with Crippen molar-refractivity contribution in [3.05, 3.63) is 34.9 Å². The van der Waals surface area contributed by atoms with Gasteiger partial charge in [-0.05, 0) is 18.6 Å². The van der Waals surface area contributed by atoms with Crippen LogP contribution in [-0.2, 0) is 6.54 Å². The lowest BCUT2D eigenvalue weighted by molar-refractivity contribution is 0.312. The van der Waals surface area contributed by atoms with Crippen molar-refractivity contribution in [2.75, 3.05) is 17.7 Å². The van der Waals surface area contributed by atoms with Gasteiger partial charge in [-0.3, -0.25) is 0 Å². The highest BCUT2D eigenvalue weighted by Crippen LogP contribution is 2.16. The average molecular weight is 280 g/mol. The van der Waals surface area contributed by atoms with Gasteiger partial charge >= 0.3 is 6.01 Å². The molecule has 0 aliphatic heterocycles. The molecule has 0 saturated heterocycles. The molecule has 0 amide bonds. The Kier molecular flexibility index (Phi) is 4.35. The topological polar surface area (TPSA) is 86.0 Å². The molecule has 0 fully saturated rings. The molecular weight excluding hydrogens is 266 g/mol. The van der Waals surface area contributed by atoms with Crippen molar-refractivity contribution in [1.29, 1.82) is 0 Å². The Bertz CT molecular complexity index is 564. The van der Waals surface area contributed by atoms with E-state index in [0.717, 1.165) is 5.56 Å². The number of halogens is 1. The fraction of sp³-hybridized carbons (Fsp3) is 0.250. The molecule has 0 atom stereocenters. The highest BCUT2D eigenvalue weighted by Gasteiger charge is 2.05. The van der Waals surface area contributed by atoms with Crippen molar-refractivity contribution in [2.45, 2.75) is 13.5 Å². The van der Waals surface area contributed by atoms with Gasteiger partial charge in [-0.1, -0.05) is 29.8 Å². The van der Waals surface area contributed by atoms with Crippen LogP contribution in [-0.4, -0.2) is 21.6 Å². The van der Waals surface area contributed by atoms with Crippen molar-refractivity contribution in [3.63, 3.8) is 0 Å². The van der Waals surface area contributed by atoms with Gasteiger partial charge in [0, 0.05) is 11.6 Å². The zero-order valence-electron chi connectivity index (χ0n) is 10.4. The molecule has 0 aliphatic rings. The van der Waals surface area contributed by atoms with E-state index in [1.165, 1.54) is 0 Å². The molecule has 1 aromatic carbocycles. The van der Waals surface area contributed by atoms with E-state index >= 15 is 0 Å². The predicted octanol–water partition coefficient (Wildman–Crippen LogP) is 2.12. The van der Waals surface area contributed by atoms with Crippen LogP contribution in [0.3, 0.4) is 0 Å². The molecule has 2 aromatic rings. The number of benzene rings is 1. The zero-order chi connectivity index (χ0) is 13.7. The molecule has 100 valence electrons. The normalized spacial score (nSPS) is 10.2. The first-order chi connectivity index (χ1) is 9.19. The van der Waals surface area contributed by atoms with E-state index in [1.54, 1.807) is 0 Å². The molecule has 3 N–H and O–H groups in total. The number of nitrogens with zero attached hydrogens (tertiary/aromatic N) is 3. The third-order valence-corrected chi connectivity index (χ3v) is 2.67. The standard InChI is InChI=1S/C12H14ClN5O/c1-2-19-12-17-10(14)16-11(18-12)15-7-8-5-3-4-6-9(8)13/h3-6H,2,7H2,1H3,(H3,14,15,16,17,18). The van der Waals surface area contributed by atoms with Crippen LogP contribution in [0.15, 0.2) is 24.3 Å². The van der Waals surface area contributed by atoms with Crippen LogP contribution in [0.1, 0.15) is 12.5 Å². The SMILES string of the molecule is CCOc1nc(N)nc(NCc2ccccc2Cl)n1. The van der Waals surface area contributed by atoms with Gasteiger partial charge < -0.3 is 15.8 Å². The minimum Gasteiger partial charge on any atom is -0.464 e. The van der Waals surface area contributed by atoms with Crippen LogP contribution in [0.4, 0.5) is 11.9 Å². The van der Waals surface area contributed by atoms with Crippen molar-refractivity contribution in [3.8, 4) is 6.01 Å². The number of hydrogen-bond acceptors (Lipinski definition) is 6. The lowest BCUT2D eigenvalue weighted by Gasteiger charge is -2.08. The van der Waals surface area contributed by atoms with E-state index in [9.17, 15) is 0 Å². The molecule has 0 aliphatic carbocycles. The largest absolute Gasteiger partial charge is 0.464 e.